The van der Waals surface area contributed by atoms with Crippen LogP contribution in [-0.4, -0.2) is 10.7 Å². The molecule has 8 heavy (non-hydrogen) atoms. The van der Waals surface area contributed by atoms with E-state index in [0.29, 0.717) is 0 Å². The Balaban J connectivity index is 0. The van der Waals surface area contributed by atoms with Gasteiger partial charge in [-0.2, -0.15) is 0 Å². The second-order valence-electron chi connectivity index (χ2n) is 0.495. The molecule has 0 rings (SSSR count). The number of hydrogen-bond donors (Lipinski definition) is 0. The molecule has 0 nitrogen and oxygen atoms in total. The van der Waals surface area contributed by atoms with Crippen LogP contribution in [0.1, 0.15) is 0 Å². The zero-order valence-electron chi connectivity index (χ0n) is 3.42. The molecule has 0 spiro atoms. The third kappa shape index (κ3) is 161. The van der Waals surface area contributed by atoms with E-state index in [2.05, 4.69) is 47.3 Å². The molecule has 0 aromatic heterocycles. The maximum atomic E-state index is 9.67. The molecule has 0 radical (unpaired) electrons. The topological polar surface area (TPSA) is 0 Å². The van der Waals surface area contributed by atoms with Gasteiger partial charge in [0, 0.05) is 0 Å². The highest BCUT2D eigenvalue weighted by Crippen LogP contribution is 2.07. The molecule has 0 saturated carbocycles. The van der Waals surface area contributed by atoms with Gasteiger partial charge in [-0.05, 0) is 0 Å². The molecule has 0 fully saturated rings. The highest BCUT2D eigenvalue weighted by molar-refractivity contribution is 9.69. The van der Waals surface area contributed by atoms with Crippen LogP contribution in [0.5, 0.6) is 0 Å². The molecule has 0 unspecified atom stereocenters. The van der Waals surface area contributed by atoms with Gasteiger partial charge in [0.15, 0.2) is 0 Å². The van der Waals surface area contributed by atoms with Crippen LogP contribution in [0.2, 0.25) is 0 Å². The Bertz CT molecular complexity index is 28.0. The largest absolute Gasteiger partial charge is 0.762 e. The van der Waals surface area contributed by atoms with E-state index in [1.54, 1.807) is 0 Å². The average Bonchev–Trinajstić information content (AvgIpc) is 1.25. The molecule has 48 valence electrons. The Hall–Kier alpha value is 1.36. The van der Waals surface area contributed by atoms with Crippen LogP contribution in [0.4, 0.5) is 12.9 Å². The predicted molar refractivity (Wildman–Crippen MR) is 41.6 cm³/mol. The maximum absolute atomic E-state index is 9.67. The van der Waals surface area contributed by atoms with E-state index in [-0.39, 0.29) is 3.18 Å². The second-order valence-corrected chi connectivity index (χ2v) is 6.93. The van der Waals surface area contributed by atoms with Crippen LogP contribution in [0.3, 0.4) is 0 Å². The zero-order chi connectivity index (χ0) is 7.15. The number of hydrogen-bond acceptors (Lipinski definition) is 0. The van der Waals surface area contributed by atoms with Crippen molar-refractivity contribution in [1.29, 1.82) is 0 Å². The van der Waals surface area contributed by atoms with E-state index in [9.17, 15) is 12.9 Å². The minimum atomic E-state index is -3.67. The molecule has 0 amide bonds. The van der Waals surface area contributed by atoms with Crippen LogP contribution < -0.4 is 0 Å². The highest BCUT2D eigenvalue weighted by Gasteiger charge is 2.06. The summed E-state index contributed by atoms with van der Waals surface area (Å²) in [5.41, 5.74) is 0. The van der Waals surface area contributed by atoms with Gasteiger partial charge in [0.05, 0.1) is 0 Å². The Morgan fingerprint density at radius 1 is 0.875 bits per heavy atom. The first-order valence-corrected chi connectivity index (χ1v) is 4.06. The van der Waals surface area contributed by atoms with Gasteiger partial charge < -0.3 is 0 Å². The minimum Gasteiger partial charge on any atom is -0.254 e. The van der Waals surface area contributed by atoms with Crippen molar-refractivity contribution in [1.82, 2.24) is 0 Å². The van der Waals surface area contributed by atoms with Crippen molar-refractivity contribution >= 4 is 58.0 Å². The number of rotatable bonds is 0. The lowest BCUT2D eigenvalue weighted by Gasteiger charge is -1.63. The average molecular weight is 318 g/mol. The smallest absolute Gasteiger partial charge is 0.254 e. The van der Waals surface area contributed by atoms with Crippen molar-refractivity contribution in [2.24, 2.45) is 0 Å². The Morgan fingerprint density at radius 3 is 0.875 bits per heavy atom. The first-order chi connectivity index (χ1) is 3.46. The molecule has 0 atom stereocenters. The Kier molecular flexibility index (Phi) is 12.6. The van der Waals surface area contributed by atoms with Crippen LogP contribution in [0.25, 0.3) is 0 Å². The molecule has 0 N–H and O–H groups in total. The van der Waals surface area contributed by atoms with Crippen LogP contribution in [0, 0.1) is 0 Å². The van der Waals surface area contributed by atoms with Crippen molar-refractivity contribution in [2.75, 3.05) is 0 Å². The van der Waals surface area contributed by atoms with Gasteiger partial charge in [0.1, 0.15) is 0 Å². The summed E-state index contributed by atoms with van der Waals surface area (Å²) >= 11 is 9.31. The van der Waals surface area contributed by atoms with Crippen molar-refractivity contribution in [3.05, 3.63) is 0 Å². The first-order valence-electron chi connectivity index (χ1n) is 1.31. The summed E-state index contributed by atoms with van der Waals surface area (Å²) in [6.45, 7) is 0. The van der Waals surface area contributed by atoms with Crippen molar-refractivity contribution in [3.8, 4) is 0 Å². The molecule has 0 saturated heterocycles. The molecule has 0 heterocycles. The molecule has 0 aliphatic carbocycles. The van der Waals surface area contributed by atoms with E-state index in [4.69, 9.17) is 0 Å². The van der Waals surface area contributed by atoms with Crippen LogP contribution >= 0.6 is 47.3 Å². The van der Waals surface area contributed by atoms with E-state index in [1.807, 2.05) is 0 Å². The predicted octanol–water partition coefficient (Wildman–Crippen LogP) is 3.04. The molecule has 0 aromatic carbocycles. The van der Waals surface area contributed by atoms with E-state index < -0.39 is 7.54 Å². The molecule has 8 heteroatoms. The first kappa shape index (κ1) is 12.1. The lowest BCUT2D eigenvalue weighted by Crippen LogP contribution is -1.76. The minimum absolute atomic E-state index is 0.271. The molecule has 0 aliphatic rings. The summed E-state index contributed by atoms with van der Waals surface area (Å²) in [7, 11) is -3.67. The third-order valence-electron chi connectivity index (χ3n) is 0. The van der Waals surface area contributed by atoms with Crippen LogP contribution in [0.15, 0.2) is 0 Å². The Labute approximate surface area is 70.8 Å². The lowest BCUT2D eigenvalue weighted by atomic mass is 10.5. The summed E-state index contributed by atoms with van der Waals surface area (Å²) in [5.74, 6) is 0. The Morgan fingerprint density at radius 2 is 0.875 bits per heavy atom. The summed E-state index contributed by atoms with van der Waals surface area (Å²) in [4.78, 5) is 0. The fraction of sp³-hybridized carbons (Fsp3) is 0. The quantitative estimate of drug-likeness (QED) is 0.602. The van der Waals surface area contributed by atoms with E-state index in [1.165, 1.54) is 0 Å². The summed E-state index contributed by atoms with van der Waals surface area (Å²) in [6.07, 6.45) is 0. The maximum Gasteiger partial charge on any atom is 0.762 e. The SMILES string of the molecule is BrB(Br)Br.FB(F)F. The molecule has 0 aliphatic heterocycles. The van der Waals surface area contributed by atoms with Crippen molar-refractivity contribution in [3.63, 3.8) is 0 Å². The fourth-order valence-corrected chi connectivity index (χ4v) is 0. The van der Waals surface area contributed by atoms with Gasteiger partial charge in [-0.3, -0.25) is 12.9 Å². The van der Waals surface area contributed by atoms with Gasteiger partial charge in [-0.25, -0.2) is 0 Å². The molecule has 0 bridgehead atoms. The normalized spacial score (nSPS) is 6.75. The molecular weight excluding hydrogens is 318 g/mol. The van der Waals surface area contributed by atoms with Gasteiger partial charge >= 0.3 is 10.7 Å². The van der Waals surface area contributed by atoms with Crippen molar-refractivity contribution in [2.45, 2.75) is 0 Å². The van der Waals surface area contributed by atoms with Crippen LogP contribution in [-0.2, 0) is 0 Å². The van der Waals surface area contributed by atoms with Crippen molar-refractivity contribution < 1.29 is 12.9 Å². The fourth-order valence-electron chi connectivity index (χ4n) is 0. The van der Waals surface area contributed by atoms with Gasteiger partial charge in [-0.1, -0.05) is 0 Å². The van der Waals surface area contributed by atoms with Gasteiger partial charge in [-0.15, -0.1) is 47.3 Å². The molecular formula is B2Br3F3. The lowest BCUT2D eigenvalue weighted by molar-refractivity contribution is 0.535. The van der Waals surface area contributed by atoms with E-state index >= 15 is 0 Å². The van der Waals surface area contributed by atoms with Gasteiger partial charge in [0.25, 0.3) is 0 Å². The van der Waals surface area contributed by atoms with E-state index in [0.717, 1.165) is 0 Å². The third-order valence-corrected chi connectivity index (χ3v) is 0. The summed E-state index contributed by atoms with van der Waals surface area (Å²) in [6, 6.07) is 0. The monoisotopic (exact) mass is 316 g/mol. The highest BCUT2D eigenvalue weighted by atomic mass is 79.9. The van der Waals surface area contributed by atoms with Gasteiger partial charge in [0.2, 0.25) is 0 Å². The summed E-state index contributed by atoms with van der Waals surface area (Å²) < 4.78 is 29.3. The standard InChI is InChI=1S/BBr3.BF3/c2*2-1(3)4. The summed E-state index contributed by atoms with van der Waals surface area (Å²) in [5, 5.41) is 0. The number of halogens is 6. The molecule has 0 aromatic rings. The second kappa shape index (κ2) is 8.36. The zero-order valence-corrected chi connectivity index (χ0v) is 8.18.